The maximum Gasteiger partial charge on any atom is 0.513 e. The summed E-state index contributed by atoms with van der Waals surface area (Å²) in [4.78, 5) is 11.5. The molecule has 0 aromatic rings. The number of hydrogen-bond donors (Lipinski definition) is 2. The molecule has 2 atom stereocenters. The summed E-state index contributed by atoms with van der Waals surface area (Å²) >= 11 is 0. The van der Waals surface area contributed by atoms with Crippen LogP contribution in [0.4, 0.5) is 4.79 Å². The van der Waals surface area contributed by atoms with Gasteiger partial charge >= 0.3 is 6.09 Å². The quantitative estimate of drug-likeness (QED) is 0.654. The van der Waals surface area contributed by atoms with E-state index in [0.29, 0.717) is 19.0 Å². The number of carbonyl (C=O) groups is 1. The van der Waals surface area contributed by atoms with E-state index >= 15 is 0 Å². The average molecular weight is 215 g/mol. The summed E-state index contributed by atoms with van der Waals surface area (Å²) in [5.74, 6) is 0.356. The summed E-state index contributed by atoms with van der Waals surface area (Å²) in [7, 11) is 0. The van der Waals surface area contributed by atoms with Gasteiger partial charge in [0.25, 0.3) is 0 Å². The van der Waals surface area contributed by atoms with Crippen molar-refractivity contribution in [1.29, 1.82) is 0 Å². The third kappa shape index (κ3) is 2.16. The third-order valence-electron chi connectivity index (χ3n) is 3.71. The summed E-state index contributed by atoms with van der Waals surface area (Å²) < 4.78 is 0.162. The third-order valence-corrected chi connectivity index (χ3v) is 3.71. The summed E-state index contributed by atoms with van der Waals surface area (Å²) in [6.45, 7) is 8.01. The molecule has 0 bridgehead atoms. The molecule has 88 valence electrons. The Hall–Kier alpha value is -0.610. The zero-order chi connectivity index (χ0) is 11.7. The number of rotatable bonds is 1. The number of amides is 1. The van der Waals surface area contributed by atoms with Crippen LogP contribution in [-0.2, 0) is 0 Å². The fourth-order valence-electron chi connectivity index (χ4n) is 2.54. The van der Waals surface area contributed by atoms with E-state index in [9.17, 15) is 9.90 Å². The minimum atomic E-state index is -0.708. The van der Waals surface area contributed by atoms with Crippen molar-refractivity contribution in [3.05, 3.63) is 0 Å². The van der Waals surface area contributed by atoms with Crippen LogP contribution in [0.5, 0.6) is 0 Å². The van der Waals surface area contributed by atoms with Crippen LogP contribution in [0.25, 0.3) is 0 Å². The van der Waals surface area contributed by atoms with E-state index in [-0.39, 0.29) is 10.0 Å². The second kappa shape index (κ2) is 4.10. The summed E-state index contributed by atoms with van der Waals surface area (Å²) in [6, 6.07) is 0. The Morgan fingerprint density at radius 2 is 2.13 bits per heavy atom. The van der Waals surface area contributed by atoms with Crippen molar-refractivity contribution in [3.63, 3.8) is 0 Å². The first-order valence-electron chi connectivity index (χ1n) is 5.64. The normalized spacial score (nSPS) is 32.7. The molecule has 1 amide bonds. The molecule has 4 nitrogen and oxygen atoms in total. The molecule has 1 rings (SSSR count). The Morgan fingerprint density at radius 3 is 2.53 bits per heavy atom. The molecule has 4 heteroatoms. The zero-order valence-electron chi connectivity index (χ0n) is 9.99. The lowest BCUT2D eigenvalue weighted by molar-refractivity contribution is -0.911. The van der Waals surface area contributed by atoms with Crippen molar-refractivity contribution in [2.45, 2.75) is 39.2 Å². The molecule has 0 aliphatic carbocycles. The van der Waals surface area contributed by atoms with Crippen molar-refractivity contribution in [1.82, 2.24) is 0 Å². The molecular weight excluding hydrogens is 192 g/mol. The predicted octanol–water partition coefficient (Wildman–Crippen LogP) is 1.65. The fraction of sp³-hybridized carbons (Fsp3) is 0.909. The number of likely N-dealkylation sites (tertiary alicyclic amines) is 1. The van der Waals surface area contributed by atoms with Gasteiger partial charge in [0.05, 0.1) is 13.1 Å². The number of piperidine rings is 1. The van der Waals surface area contributed by atoms with Crippen molar-refractivity contribution < 1.29 is 14.4 Å². The number of hydrogen-bond acceptors (Lipinski definition) is 2. The highest BCUT2D eigenvalue weighted by molar-refractivity contribution is 5.57. The number of nitrogens with zero attached hydrogens (tertiary/aromatic N) is 1. The smallest absolute Gasteiger partial charge is 0.435 e. The molecule has 1 aliphatic heterocycles. The molecule has 3 N–H and O–H groups in total. The molecule has 0 radical (unpaired) electrons. The van der Waals surface area contributed by atoms with Gasteiger partial charge in [-0.3, -0.25) is 0 Å². The Bertz CT molecular complexity index is 247. The van der Waals surface area contributed by atoms with Gasteiger partial charge in [0.2, 0.25) is 0 Å². The van der Waals surface area contributed by atoms with Gasteiger partial charge in [-0.2, -0.15) is 4.79 Å². The van der Waals surface area contributed by atoms with Crippen molar-refractivity contribution in [2.75, 3.05) is 19.6 Å². The van der Waals surface area contributed by atoms with Crippen LogP contribution in [0.1, 0.15) is 33.6 Å². The molecule has 15 heavy (non-hydrogen) atoms. The highest BCUT2D eigenvalue weighted by Crippen LogP contribution is 2.32. The first-order valence-corrected chi connectivity index (χ1v) is 5.64. The van der Waals surface area contributed by atoms with Gasteiger partial charge in [-0.05, 0) is 33.6 Å². The molecule has 1 saturated heterocycles. The van der Waals surface area contributed by atoms with Crippen molar-refractivity contribution in [2.24, 2.45) is 11.7 Å². The number of quaternary nitrogens is 1. The highest BCUT2D eigenvalue weighted by Gasteiger charge is 2.50. The minimum Gasteiger partial charge on any atom is -0.435 e. The van der Waals surface area contributed by atoms with Gasteiger partial charge in [0.15, 0.2) is 0 Å². The molecule has 0 aromatic heterocycles. The van der Waals surface area contributed by atoms with Crippen LogP contribution in [0.15, 0.2) is 0 Å². The van der Waals surface area contributed by atoms with E-state index in [1.807, 2.05) is 20.8 Å². The van der Waals surface area contributed by atoms with Crippen LogP contribution in [0, 0.1) is 5.92 Å². The van der Waals surface area contributed by atoms with E-state index in [1.165, 1.54) is 0 Å². The SMILES string of the molecule is CC(C)(C)[N+]1(C(=O)O)CCC[C@H](CN)C1. The van der Waals surface area contributed by atoms with E-state index < -0.39 is 6.09 Å². The lowest BCUT2D eigenvalue weighted by Gasteiger charge is -2.47. The Balaban J connectivity index is 2.96. The summed E-state index contributed by atoms with van der Waals surface area (Å²) in [5.41, 5.74) is 5.41. The monoisotopic (exact) mass is 215 g/mol. The number of carboxylic acid groups (broad SMARTS) is 1. The van der Waals surface area contributed by atoms with E-state index in [2.05, 4.69) is 0 Å². The van der Waals surface area contributed by atoms with Crippen LogP contribution in [-0.4, -0.2) is 40.9 Å². The first-order chi connectivity index (χ1) is 6.83. The molecule has 1 fully saturated rings. The maximum atomic E-state index is 11.5. The average Bonchev–Trinajstić information content (AvgIpc) is 2.16. The molecular formula is C11H23N2O2+. The molecule has 0 aromatic carbocycles. The Labute approximate surface area is 91.6 Å². The summed E-state index contributed by atoms with van der Waals surface area (Å²) in [5, 5.41) is 9.47. The van der Waals surface area contributed by atoms with Crippen LogP contribution < -0.4 is 5.73 Å². The van der Waals surface area contributed by atoms with Crippen LogP contribution >= 0.6 is 0 Å². The highest BCUT2D eigenvalue weighted by atomic mass is 16.4. The molecule has 1 heterocycles. The lowest BCUT2D eigenvalue weighted by atomic mass is 9.90. The fourth-order valence-corrected chi connectivity index (χ4v) is 2.54. The molecule has 1 aliphatic rings. The topological polar surface area (TPSA) is 63.3 Å². The van der Waals surface area contributed by atoms with Crippen molar-refractivity contribution >= 4 is 6.09 Å². The second-order valence-electron chi connectivity index (χ2n) is 5.57. The van der Waals surface area contributed by atoms with Gasteiger partial charge in [-0.15, -0.1) is 0 Å². The van der Waals surface area contributed by atoms with Crippen molar-refractivity contribution in [3.8, 4) is 0 Å². The van der Waals surface area contributed by atoms with Crippen LogP contribution in [0.2, 0.25) is 0 Å². The molecule has 1 unspecified atom stereocenters. The van der Waals surface area contributed by atoms with E-state index in [1.54, 1.807) is 0 Å². The number of nitrogens with two attached hydrogens (primary N) is 1. The zero-order valence-corrected chi connectivity index (χ0v) is 9.99. The Kier molecular flexibility index (Phi) is 3.41. The lowest BCUT2D eigenvalue weighted by Crippen LogP contribution is -2.67. The van der Waals surface area contributed by atoms with Crippen LogP contribution in [0.3, 0.4) is 0 Å². The van der Waals surface area contributed by atoms with Gasteiger partial charge in [-0.25, -0.2) is 4.48 Å². The van der Waals surface area contributed by atoms with E-state index in [4.69, 9.17) is 5.73 Å². The Morgan fingerprint density at radius 1 is 1.53 bits per heavy atom. The molecule has 0 spiro atoms. The predicted molar refractivity (Wildman–Crippen MR) is 59.6 cm³/mol. The van der Waals surface area contributed by atoms with Gasteiger partial charge in [-0.1, -0.05) is 0 Å². The standard InChI is InChI=1S/C11H22N2O2/c1-11(2,3)13(10(14)15)6-4-5-9(7-12)8-13/h9H,4-8,12H2,1-3H3/p+1/t9-,13?/m1/s1. The second-order valence-corrected chi connectivity index (χ2v) is 5.57. The maximum absolute atomic E-state index is 11.5. The van der Waals surface area contributed by atoms with Gasteiger partial charge < -0.3 is 10.8 Å². The van der Waals surface area contributed by atoms with Gasteiger partial charge in [0.1, 0.15) is 5.54 Å². The van der Waals surface area contributed by atoms with E-state index in [0.717, 1.165) is 19.4 Å². The molecule has 0 saturated carbocycles. The first kappa shape index (κ1) is 12.5. The largest absolute Gasteiger partial charge is 0.513 e. The summed E-state index contributed by atoms with van der Waals surface area (Å²) in [6.07, 6.45) is 1.33. The minimum absolute atomic E-state index is 0.162. The van der Waals surface area contributed by atoms with Gasteiger partial charge in [0, 0.05) is 12.5 Å².